The maximum Gasteiger partial charge on any atom is 0.0213 e. The van der Waals surface area contributed by atoms with Gasteiger partial charge in [-0.15, -0.1) is 0 Å². The minimum absolute atomic E-state index is 0.988. The zero-order chi connectivity index (χ0) is 12.0. The van der Waals surface area contributed by atoms with Gasteiger partial charge in [-0.25, -0.2) is 5.43 Å². The summed E-state index contributed by atoms with van der Waals surface area (Å²) in [7, 11) is 0. The van der Waals surface area contributed by atoms with Crippen molar-refractivity contribution in [2.75, 3.05) is 6.54 Å². The molecular formula is C13H26N4. The third-order valence-electron chi connectivity index (χ3n) is 2.97. The Balaban J connectivity index is 2.09. The number of hydrogen-bond donors (Lipinski definition) is 4. The first-order valence-electron chi connectivity index (χ1n) is 6.96. The second-order valence-electron chi connectivity index (χ2n) is 4.54. The summed E-state index contributed by atoms with van der Waals surface area (Å²) in [4.78, 5) is 0. The molecule has 98 valence electrons. The van der Waals surface area contributed by atoms with E-state index in [1.165, 1.54) is 57.8 Å². The summed E-state index contributed by atoms with van der Waals surface area (Å²) in [5, 5.41) is 0. The van der Waals surface area contributed by atoms with Crippen LogP contribution in [0.2, 0.25) is 0 Å². The molecule has 0 bridgehead atoms. The summed E-state index contributed by atoms with van der Waals surface area (Å²) in [6.07, 6.45) is 13.0. The SMILES string of the molecule is C1#CNNNNCCCCCCCCCCC1. The van der Waals surface area contributed by atoms with Crippen LogP contribution < -0.4 is 21.9 Å². The van der Waals surface area contributed by atoms with Crippen molar-refractivity contribution in [3.05, 3.63) is 0 Å². The summed E-state index contributed by atoms with van der Waals surface area (Å²) in [5.41, 5.74) is 11.5. The quantitative estimate of drug-likeness (QED) is 0.487. The van der Waals surface area contributed by atoms with Crippen LogP contribution in [0.3, 0.4) is 0 Å². The lowest BCUT2D eigenvalue weighted by Crippen LogP contribution is -2.49. The van der Waals surface area contributed by atoms with Crippen LogP contribution in [0.15, 0.2) is 0 Å². The Morgan fingerprint density at radius 3 is 2.06 bits per heavy atom. The number of hydrogen-bond acceptors (Lipinski definition) is 4. The molecular weight excluding hydrogens is 212 g/mol. The van der Waals surface area contributed by atoms with E-state index in [9.17, 15) is 0 Å². The van der Waals surface area contributed by atoms with Crippen molar-refractivity contribution in [1.29, 1.82) is 0 Å². The first kappa shape index (κ1) is 14.3. The van der Waals surface area contributed by atoms with E-state index in [1.54, 1.807) is 0 Å². The molecule has 0 aliphatic carbocycles. The fourth-order valence-corrected chi connectivity index (χ4v) is 1.94. The molecule has 0 saturated carbocycles. The first-order chi connectivity index (χ1) is 8.50. The average Bonchev–Trinajstić information content (AvgIpc) is 2.35. The maximum atomic E-state index is 3.09. The topological polar surface area (TPSA) is 48.1 Å². The van der Waals surface area contributed by atoms with Gasteiger partial charge in [0.15, 0.2) is 0 Å². The summed E-state index contributed by atoms with van der Waals surface area (Å²) >= 11 is 0. The molecule has 4 heteroatoms. The highest BCUT2D eigenvalue weighted by molar-refractivity contribution is 4.94. The van der Waals surface area contributed by atoms with Crippen LogP contribution in [-0.2, 0) is 0 Å². The van der Waals surface area contributed by atoms with Gasteiger partial charge in [0.25, 0.3) is 0 Å². The van der Waals surface area contributed by atoms with Crippen LogP contribution in [0.25, 0.3) is 0 Å². The molecule has 1 aliphatic heterocycles. The van der Waals surface area contributed by atoms with Gasteiger partial charge in [0.1, 0.15) is 0 Å². The standard InChI is InChI=1S/C13H26N4/c1-2-4-6-8-10-12-14-16-17-15-13-11-9-7-5-3-1/h14-17H,1-10,12H2. The summed E-state index contributed by atoms with van der Waals surface area (Å²) in [6, 6.07) is 2.87. The Hall–Kier alpha value is -0.760. The molecule has 0 fully saturated rings. The Kier molecular flexibility index (Phi) is 9.86. The molecule has 0 aromatic rings. The minimum atomic E-state index is 0.988. The van der Waals surface area contributed by atoms with Gasteiger partial charge >= 0.3 is 0 Å². The molecule has 1 heterocycles. The van der Waals surface area contributed by atoms with Crippen LogP contribution in [0.5, 0.6) is 0 Å². The van der Waals surface area contributed by atoms with E-state index < -0.39 is 0 Å². The molecule has 0 unspecified atom stereocenters. The smallest absolute Gasteiger partial charge is 0.0213 e. The van der Waals surface area contributed by atoms with E-state index in [-0.39, 0.29) is 0 Å². The van der Waals surface area contributed by atoms with Crippen LogP contribution in [0, 0.1) is 12.0 Å². The third-order valence-corrected chi connectivity index (χ3v) is 2.97. The largest absolute Gasteiger partial charge is 0.266 e. The fourth-order valence-electron chi connectivity index (χ4n) is 1.94. The van der Waals surface area contributed by atoms with Crippen LogP contribution >= 0.6 is 0 Å². The Morgan fingerprint density at radius 1 is 0.647 bits per heavy atom. The molecule has 0 amide bonds. The van der Waals surface area contributed by atoms with Crippen LogP contribution in [0.1, 0.15) is 64.2 Å². The molecule has 1 rings (SSSR count). The van der Waals surface area contributed by atoms with Gasteiger partial charge in [-0.05, 0) is 12.8 Å². The molecule has 4 nitrogen and oxygen atoms in total. The normalized spacial score (nSPS) is 21.6. The lowest BCUT2D eigenvalue weighted by Gasteiger charge is -2.06. The predicted octanol–water partition coefficient (Wildman–Crippen LogP) is 1.97. The van der Waals surface area contributed by atoms with E-state index in [0.717, 1.165) is 13.0 Å². The molecule has 1 aliphatic rings. The highest BCUT2D eigenvalue weighted by atomic mass is 15.7. The van der Waals surface area contributed by atoms with Gasteiger partial charge in [0, 0.05) is 19.0 Å². The summed E-state index contributed by atoms with van der Waals surface area (Å²) < 4.78 is 0. The van der Waals surface area contributed by atoms with E-state index in [1.807, 2.05) is 0 Å². The average molecular weight is 238 g/mol. The zero-order valence-electron chi connectivity index (χ0n) is 10.8. The van der Waals surface area contributed by atoms with Crippen molar-refractivity contribution in [2.45, 2.75) is 64.2 Å². The van der Waals surface area contributed by atoms with Crippen molar-refractivity contribution in [3.63, 3.8) is 0 Å². The molecule has 17 heavy (non-hydrogen) atoms. The summed E-state index contributed by atoms with van der Waals surface area (Å²) in [6.45, 7) is 0.988. The minimum Gasteiger partial charge on any atom is -0.266 e. The van der Waals surface area contributed by atoms with Crippen molar-refractivity contribution in [1.82, 2.24) is 21.9 Å². The van der Waals surface area contributed by atoms with Gasteiger partial charge in [-0.2, -0.15) is 11.1 Å². The first-order valence-corrected chi connectivity index (χ1v) is 6.96. The molecule has 0 atom stereocenters. The van der Waals surface area contributed by atoms with Gasteiger partial charge in [0.05, 0.1) is 0 Å². The highest BCUT2D eigenvalue weighted by Gasteiger charge is 1.93. The molecule has 0 saturated heterocycles. The lowest BCUT2D eigenvalue weighted by atomic mass is 10.1. The number of nitrogens with one attached hydrogen (secondary N) is 4. The van der Waals surface area contributed by atoms with Crippen molar-refractivity contribution < 1.29 is 0 Å². The Labute approximate surface area is 105 Å². The van der Waals surface area contributed by atoms with Gasteiger partial charge in [0.2, 0.25) is 0 Å². The third kappa shape index (κ3) is 10.1. The van der Waals surface area contributed by atoms with E-state index >= 15 is 0 Å². The maximum absolute atomic E-state index is 3.09. The fraction of sp³-hybridized carbons (Fsp3) is 0.846. The molecule has 4 N–H and O–H groups in total. The second kappa shape index (κ2) is 11.7. The van der Waals surface area contributed by atoms with Crippen molar-refractivity contribution >= 4 is 0 Å². The van der Waals surface area contributed by atoms with Crippen molar-refractivity contribution in [3.8, 4) is 12.0 Å². The van der Waals surface area contributed by atoms with E-state index in [0.29, 0.717) is 0 Å². The van der Waals surface area contributed by atoms with E-state index in [2.05, 4.69) is 33.9 Å². The zero-order valence-corrected chi connectivity index (χ0v) is 10.8. The predicted molar refractivity (Wildman–Crippen MR) is 71.4 cm³/mol. The molecule has 0 spiro atoms. The molecule has 0 radical (unpaired) electrons. The Morgan fingerprint density at radius 2 is 1.29 bits per heavy atom. The van der Waals surface area contributed by atoms with Crippen LogP contribution in [-0.4, -0.2) is 6.54 Å². The lowest BCUT2D eigenvalue weighted by molar-refractivity contribution is 0.400. The second-order valence-corrected chi connectivity index (χ2v) is 4.54. The molecule has 0 aromatic carbocycles. The number of rotatable bonds is 0. The monoisotopic (exact) mass is 238 g/mol. The van der Waals surface area contributed by atoms with Gasteiger partial charge in [-0.3, -0.25) is 5.43 Å². The van der Waals surface area contributed by atoms with E-state index in [4.69, 9.17) is 0 Å². The van der Waals surface area contributed by atoms with Gasteiger partial charge < -0.3 is 0 Å². The van der Waals surface area contributed by atoms with Crippen LogP contribution in [0.4, 0.5) is 0 Å². The highest BCUT2D eigenvalue weighted by Crippen LogP contribution is 2.10. The molecule has 0 aromatic heterocycles. The number of hydrazine groups is 3. The van der Waals surface area contributed by atoms with Crippen molar-refractivity contribution in [2.24, 2.45) is 0 Å². The Bertz CT molecular complexity index is 199. The van der Waals surface area contributed by atoms with Gasteiger partial charge in [-0.1, -0.05) is 50.9 Å². The summed E-state index contributed by atoms with van der Waals surface area (Å²) in [5.74, 6) is 3.09.